The van der Waals surface area contributed by atoms with Crippen LogP contribution in [0.2, 0.25) is 0 Å². The van der Waals surface area contributed by atoms with Crippen LogP contribution in [0.15, 0.2) is 0 Å². The zero-order chi connectivity index (χ0) is 12.7. The van der Waals surface area contributed by atoms with Gasteiger partial charge < -0.3 is 19.9 Å². The van der Waals surface area contributed by atoms with Crippen molar-refractivity contribution in [2.45, 2.75) is 19.4 Å². The number of rotatable bonds is 8. The maximum Gasteiger partial charge on any atom is 0.0623 e. The molecule has 0 amide bonds. The Morgan fingerprint density at radius 3 is 2.59 bits per heavy atom. The predicted octanol–water partition coefficient (Wildman–Crippen LogP) is 0.494. The van der Waals surface area contributed by atoms with Crippen molar-refractivity contribution >= 4 is 0 Å². The number of hydrogen-bond acceptors (Lipinski definition) is 4. The van der Waals surface area contributed by atoms with Gasteiger partial charge in [-0.15, -0.1) is 0 Å². The molecular formula is C13H29N3O. The highest BCUT2D eigenvalue weighted by molar-refractivity contribution is 4.82. The van der Waals surface area contributed by atoms with Crippen LogP contribution in [-0.4, -0.2) is 76.4 Å². The van der Waals surface area contributed by atoms with E-state index in [9.17, 15) is 0 Å². The second-order valence-electron chi connectivity index (χ2n) is 5.24. The molecule has 0 aromatic carbocycles. The van der Waals surface area contributed by atoms with Crippen LogP contribution in [0.5, 0.6) is 0 Å². The Morgan fingerprint density at radius 1 is 1.24 bits per heavy atom. The molecule has 17 heavy (non-hydrogen) atoms. The molecule has 102 valence electrons. The molecule has 2 atom stereocenters. The van der Waals surface area contributed by atoms with E-state index in [1.807, 2.05) is 7.05 Å². The quantitative estimate of drug-likeness (QED) is 0.672. The molecule has 1 saturated heterocycles. The molecule has 0 aromatic heterocycles. The van der Waals surface area contributed by atoms with E-state index in [0.717, 1.165) is 26.3 Å². The van der Waals surface area contributed by atoms with Crippen LogP contribution in [0.3, 0.4) is 0 Å². The number of nitrogens with zero attached hydrogens (tertiary/aromatic N) is 2. The topological polar surface area (TPSA) is 27.7 Å². The number of nitrogens with one attached hydrogen (secondary N) is 1. The lowest BCUT2D eigenvalue weighted by Gasteiger charge is -2.26. The third kappa shape index (κ3) is 5.34. The molecule has 1 rings (SSSR count). The summed E-state index contributed by atoms with van der Waals surface area (Å²) in [5.74, 6) is 0.652. The lowest BCUT2D eigenvalue weighted by atomic mass is 10.0. The highest BCUT2D eigenvalue weighted by Crippen LogP contribution is 2.15. The van der Waals surface area contributed by atoms with Crippen LogP contribution in [0.25, 0.3) is 0 Å². The first-order valence-electron chi connectivity index (χ1n) is 6.79. The molecule has 0 spiro atoms. The van der Waals surface area contributed by atoms with E-state index in [2.05, 4.69) is 36.1 Å². The summed E-state index contributed by atoms with van der Waals surface area (Å²) in [6.45, 7) is 8.70. The van der Waals surface area contributed by atoms with Crippen molar-refractivity contribution in [2.75, 3.05) is 60.5 Å². The molecule has 1 heterocycles. The van der Waals surface area contributed by atoms with Crippen LogP contribution in [0.1, 0.15) is 13.3 Å². The fourth-order valence-electron chi connectivity index (χ4n) is 2.42. The molecular weight excluding hydrogens is 214 g/mol. The Balaban J connectivity index is 2.25. The Hall–Kier alpha value is -0.160. The van der Waals surface area contributed by atoms with Gasteiger partial charge in [0.1, 0.15) is 0 Å². The molecule has 0 aliphatic carbocycles. The van der Waals surface area contributed by atoms with Crippen molar-refractivity contribution in [3.8, 4) is 0 Å². The summed E-state index contributed by atoms with van der Waals surface area (Å²) in [6.07, 6.45) is 1.25. The van der Waals surface area contributed by atoms with Crippen LogP contribution < -0.4 is 5.32 Å². The SMILES string of the molecule is CCN(CCCN(C)C)CC1COCC1NC. The van der Waals surface area contributed by atoms with Crippen molar-refractivity contribution in [1.82, 2.24) is 15.1 Å². The van der Waals surface area contributed by atoms with Crippen molar-refractivity contribution in [3.05, 3.63) is 0 Å². The van der Waals surface area contributed by atoms with Gasteiger partial charge in [-0.25, -0.2) is 0 Å². The Bertz CT molecular complexity index is 199. The Labute approximate surface area is 106 Å². The second kappa shape index (κ2) is 8.03. The molecule has 0 aromatic rings. The molecule has 0 bridgehead atoms. The van der Waals surface area contributed by atoms with Gasteiger partial charge in [-0.1, -0.05) is 6.92 Å². The van der Waals surface area contributed by atoms with E-state index >= 15 is 0 Å². The zero-order valence-corrected chi connectivity index (χ0v) is 11.9. The summed E-state index contributed by atoms with van der Waals surface area (Å²) in [4.78, 5) is 4.80. The molecule has 1 aliphatic heterocycles. The second-order valence-corrected chi connectivity index (χ2v) is 5.24. The van der Waals surface area contributed by atoms with Gasteiger partial charge in [-0.3, -0.25) is 0 Å². The summed E-state index contributed by atoms with van der Waals surface area (Å²) in [7, 11) is 6.31. The average Bonchev–Trinajstić information content (AvgIpc) is 2.74. The van der Waals surface area contributed by atoms with Crippen LogP contribution in [-0.2, 0) is 4.74 Å². The lowest BCUT2D eigenvalue weighted by Crippen LogP contribution is -2.40. The van der Waals surface area contributed by atoms with E-state index in [0.29, 0.717) is 12.0 Å². The normalized spacial score (nSPS) is 25.1. The van der Waals surface area contributed by atoms with Gasteiger partial charge in [0.25, 0.3) is 0 Å². The molecule has 0 saturated carbocycles. The van der Waals surface area contributed by atoms with Crippen molar-refractivity contribution in [2.24, 2.45) is 5.92 Å². The van der Waals surface area contributed by atoms with E-state index < -0.39 is 0 Å². The summed E-state index contributed by atoms with van der Waals surface area (Å²) in [5, 5.41) is 3.36. The molecule has 4 nitrogen and oxygen atoms in total. The van der Waals surface area contributed by atoms with Gasteiger partial charge in [0.05, 0.1) is 13.2 Å². The van der Waals surface area contributed by atoms with Crippen LogP contribution in [0.4, 0.5) is 0 Å². The van der Waals surface area contributed by atoms with Gasteiger partial charge in [-0.05, 0) is 47.2 Å². The van der Waals surface area contributed by atoms with Gasteiger partial charge in [0, 0.05) is 18.5 Å². The molecule has 4 heteroatoms. The van der Waals surface area contributed by atoms with E-state index in [1.54, 1.807) is 0 Å². The van der Waals surface area contributed by atoms with Gasteiger partial charge in [0.2, 0.25) is 0 Å². The highest BCUT2D eigenvalue weighted by atomic mass is 16.5. The molecule has 1 fully saturated rings. The summed E-state index contributed by atoms with van der Waals surface area (Å²) < 4.78 is 5.55. The zero-order valence-electron chi connectivity index (χ0n) is 11.9. The van der Waals surface area contributed by atoms with E-state index in [-0.39, 0.29) is 0 Å². The number of likely N-dealkylation sites (N-methyl/N-ethyl adjacent to an activating group) is 1. The van der Waals surface area contributed by atoms with Crippen molar-refractivity contribution in [3.63, 3.8) is 0 Å². The third-order valence-corrected chi connectivity index (χ3v) is 3.59. The largest absolute Gasteiger partial charge is 0.379 e. The highest BCUT2D eigenvalue weighted by Gasteiger charge is 2.27. The summed E-state index contributed by atoms with van der Waals surface area (Å²) in [6, 6.07) is 0.540. The van der Waals surface area contributed by atoms with E-state index in [1.165, 1.54) is 19.5 Å². The first-order valence-corrected chi connectivity index (χ1v) is 6.79. The monoisotopic (exact) mass is 243 g/mol. The Kier molecular flexibility index (Phi) is 7.04. The first-order chi connectivity index (χ1) is 8.17. The Morgan fingerprint density at radius 2 is 2.00 bits per heavy atom. The smallest absolute Gasteiger partial charge is 0.0623 e. The minimum absolute atomic E-state index is 0.540. The molecule has 1 aliphatic rings. The maximum absolute atomic E-state index is 5.55. The average molecular weight is 243 g/mol. The number of ether oxygens (including phenoxy) is 1. The summed E-state index contributed by atoms with van der Waals surface area (Å²) in [5.41, 5.74) is 0. The molecule has 1 N–H and O–H groups in total. The number of hydrogen-bond donors (Lipinski definition) is 1. The van der Waals surface area contributed by atoms with E-state index in [4.69, 9.17) is 4.74 Å². The van der Waals surface area contributed by atoms with Gasteiger partial charge in [0.15, 0.2) is 0 Å². The van der Waals surface area contributed by atoms with Crippen molar-refractivity contribution < 1.29 is 4.74 Å². The molecule has 0 radical (unpaired) electrons. The van der Waals surface area contributed by atoms with Crippen molar-refractivity contribution in [1.29, 1.82) is 0 Å². The predicted molar refractivity (Wildman–Crippen MR) is 72.4 cm³/mol. The minimum atomic E-state index is 0.540. The fraction of sp³-hybridized carbons (Fsp3) is 1.00. The summed E-state index contributed by atoms with van der Waals surface area (Å²) >= 11 is 0. The fourth-order valence-corrected chi connectivity index (χ4v) is 2.42. The van der Waals surface area contributed by atoms with Gasteiger partial charge >= 0.3 is 0 Å². The lowest BCUT2D eigenvalue weighted by molar-refractivity contribution is 0.167. The standard InChI is InChI=1S/C13H29N3O/c1-5-16(8-6-7-15(3)4)9-12-10-17-11-13(12)14-2/h12-14H,5-11H2,1-4H3. The minimum Gasteiger partial charge on any atom is -0.379 e. The van der Waals surface area contributed by atoms with Crippen LogP contribution >= 0.6 is 0 Å². The molecule has 2 unspecified atom stereocenters. The third-order valence-electron chi connectivity index (χ3n) is 3.59. The maximum atomic E-state index is 5.55. The van der Waals surface area contributed by atoms with Crippen LogP contribution in [0, 0.1) is 5.92 Å². The first kappa shape index (κ1) is 14.9. The van der Waals surface area contributed by atoms with Gasteiger partial charge in [-0.2, -0.15) is 0 Å².